The molecule has 1 aromatic rings. The fourth-order valence-electron chi connectivity index (χ4n) is 1.12. The van der Waals surface area contributed by atoms with Gasteiger partial charge >= 0.3 is 0 Å². The molecule has 1 rings (SSSR count). The Kier molecular flexibility index (Phi) is 5.21. The molecule has 0 atom stereocenters. The van der Waals surface area contributed by atoms with E-state index in [4.69, 9.17) is 0 Å². The van der Waals surface area contributed by atoms with Gasteiger partial charge in [-0.05, 0) is 30.9 Å². The zero-order chi connectivity index (χ0) is 10.9. The molecule has 0 fully saturated rings. The predicted molar refractivity (Wildman–Crippen MR) is 67.3 cm³/mol. The van der Waals surface area contributed by atoms with Crippen molar-refractivity contribution < 1.29 is 0 Å². The van der Waals surface area contributed by atoms with Crippen LogP contribution in [-0.2, 0) is 0 Å². The second-order valence-corrected chi connectivity index (χ2v) is 3.42. The Morgan fingerprint density at radius 1 is 1.33 bits per heavy atom. The zero-order valence-corrected chi connectivity index (χ0v) is 9.40. The van der Waals surface area contributed by atoms with Gasteiger partial charge in [-0.15, -0.1) is 0 Å². The Labute approximate surface area is 91.9 Å². The highest BCUT2D eigenvalue weighted by atomic mass is 14.7. The smallest absolute Gasteiger partial charge is 0.0481 e. The number of hydrogen-bond donors (Lipinski definition) is 0. The third-order valence-corrected chi connectivity index (χ3v) is 1.92. The summed E-state index contributed by atoms with van der Waals surface area (Å²) < 4.78 is 0. The standard InChI is InChI=1S/C14H17N/c1-3-11-15-12-13(2)9-10-14-7-5-4-6-8-14/h4-10H,3,11H2,1-2H3/b10-9+. The number of aliphatic imine (C=N–C) groups is 1. The Balaban J connectivity index is 2.62. The maximum atomic E-state index is 4.16. The lowest BCUT2D eigenvalue weighted by Crippen LogP contribution is -1.75. The van der Waals surface area contributed by atoms with Gasteiger partial charge in [-0.3, -0.25) is 0 Å². The lowest BCUT2D eigenvalue weighted by atomic mass is 10.2. The van der Waals surface area contributed by atoms with E-state index in [0.717, 1.165) is 18.5 Å². The van der Waals surface area contributed by atoms with Gasteiger partial charge in [-0.25, -0.2) is 4.99 Å². The van der Waals surface area contributed by atoms with Crippen LogP contribution in [-0.4, -0.2) is 12.4 Å². The molecule has 0 unspecified atom stereocenters. The van der Waals surface area contributed by atoms with Crippen LogP contribution in [0.4, 0.5) is 0 Å². The Morgan fingerprint density at radius 2 is 2.07 bits per heavy atom. The average Bonchev–Trinajstić information content (AvgIpc) is 2.28. The van der Waals surface area contributed by atoms with Crippen LogP contribution in [0.2, 0.25) is 0 Å². The van der Waals surface area contributed by atoms with E-state index in [-0.39, 0.29) is 0 Å². The first kappa shape index (κ1) is 11.5. The van der Waals surface area contributed by atoms with Gasteiger partial charge in [0.15, 0.2) is 0 Å². The van der Waals surface area contributed by atoms with Gasteiger partial charge in [0.25, 0.3) is 0 Å². The van der Waals surface area contributed by atoms with E-state index < -0.39 is 0 Å². The van der Waals surface area contributed by atoms with Crippen molar-refractivity contribution in [2.45, 2.75) is 20.3 Å². The van der Waals surface area contributed by atoms with Crippen LogP contribution in [0.25, 0.3) is 6.08 Å². The summed E-state index contributed by atoms with van der Waals surface area (Å²) in [6, 6.07) is 10.2. The van der Waals surface area contributed by atoms with Gasteiger partial charge in [0.05, 0.1) is 0 Å². The molecule has 0 amide bonds. The first-order valence-corrected chi connectivity index (χ1v) is 5.32. The molecule has 0 N–H and O–H groups in total. The van der Waals surface area contributed by atoms with Crippen molar-refractivity contribution >= 4 is 11.9 Å². The van der Waals surface area contributed by atoms with Crippen LogP contribution < -0.4 is 0 Å². The molecule has 0 saturated carbocycles. The molecule has 0 aromatic heterocycles. The van der Waals surface area contributed by atoms with Crippen LogP contribution in [0.15, 0.2) is 47.0 Å². The van der Waals surface area contributed by atoms with Gasteiger partial charge < -0.3 is 0 Å². The van der Waals surface area contributed by atoms with Crippen molar-refractivity contribution in [2.24, 2.45) is 4.99 Å². The summed E-state index contributed by atoms with van der Waals surface area (Å²) in [6.45, 7) is 4.98. The highest BCUT2D eigenvalue weighted by Gasteiger charge is 1.83. The topological polar surface area (TPSA) is 12.4 Å². The maximum Gasteiger partial charge on any atom is 0.0481 e. The number of nitrogens with zero attached hydrogens (tertiary/aromatic N) is 1. The Morgan fingerprint density at radius 3 is 2.73 bits per heavy atom. The van der Waals surface area contributed by atoms with E-state index in [1.54, 1.807) is 0 Å². The van der Waals surface area contributed by atoms with Gasteiger partial charge in [-0.2, -0.15) is 0 Å². The molecule has 1 aromatic carbocycles. The number of benzene rings is 1. The summed E-state index contributed by atoms with van der Waals surface area (Å²) in [5.74, 6) is 3.01. The number of allylic oxidation sites excluding steroid dienone is 2. The monoisotopic (exact) mass is 199 g/mol. The van der Waals surface area contributed by atoms with E-state index in [2.05, 4.69) is 36.0 Å². The highest BCUT2D eigenvalue weighted by Crippen LogP contribution is 2.02. The third-order valence-electron chi connectivity index (χ3n) is 1.92. The van der Waals surface area contributed by atoms with Crippen molar-refractivity contribution in [2.75, 3.05) is 6.54 Å². The van der Waals surface area contributed by atoms with Gasteiger partial charge in [0, 0.05) is 12.1 Å². The van der Waals surface area contributed by atoms with Gasteiger partial charge in [0.1, 0.15) is 0 Å². The van der Waals surface area contributed by atoms with Crippen LogP contribution in [0.5, 0.6) is 0 Å². The quantitative estimate of drug-likeness (QED) is 0.517. The fraction of sp³-hybridized carbons (Fsp3) is 0.286. The zero-order valence-electron chi connectivity index (χ0n) is 9.40. The molecule has 0 aliphatic rings. The summed E-state index contributed by atoms with van der Waals surface area (Å²) in [5.41, 5.74) is 2.27. The molecular formula is C14H17N. The summed E-state index contributed by atoms with van der Waals surface area (Å²) in [4.78, 5) is 4.16. The molecule has 0 aliphatic carbocycles. The van der Waals surface area contributed by atoms with Crippen LogP contribution >= 0.6 is 0 Å². The van der Waals surface area contributed by atoms with Gasteiger partial charge in [-0.1, -0.05) is 43.3 Å². The molecule has 1 nitrogen and oxygen atoms in total. The molecule has 0 heterocycles. The minimum Gasteiger partial charge on any atom is -0.243 e. The second kappa shape index (κ2) is 6.80. The second-order valence-electron chi connectivity index (χ2n) is 3.42. The minimum atomic E-state index is 0.858. The molecule has 0 saturated heterocycles. The average molecular weight is 199 g/mol. The maximum absolute atomic E-state index is 4.16. The van der Waals surface area contributed by atoms with Crippen LogP contribution in [0.3, 0.4) is 0 Å². The van der Waals surface area contributed by atoms with E-state index >= 15 is 0 Å². The van der Waals surface area contributed by atoms with Crippen LogP contribution in [0.1, 0.15) is 25.8 Å². The minimum absolute atomic E-state index is 0.858. The molecule has 78 valence electrons. The van der Waals surface area contributed by atoms with Crippen molar-refractivity contribution in [1.29, 1.82) is 0 Å². The van der Waals surface area contributed by atoms with E-state index in [1.807, 2.05) is 31.2 Å². The third kappa shape index (κ3) is 4.99. The summed E-state index contributed by atoms with van der Waals surface area (Å²) in [7, 11) is 0. The number of rotatable bonds is 4. The lowest BCUT2D eigenvalue weighted by Gasteiger charge is -1.90. The van der Waals surface area contributed by atoms with Crippen molar-refractivity contribution in [3.63, 3.8) is 0 Å². The fourth-order valence-corrected chi connectivity index (χ4v) is 1.12. The normalized spacial score (nSPS) is 10.0. The largest absolute Gasteiger partial charge is 0.243 e. The van der Waals surface area contributed by atoms with E-state index in [0.29, 0.717) is 0 Å². The first-order chi connectivity index (χ1) is 7.33. The molecular weight excluding hydrogens is 182 g/mol. The van der Waals surface area contributed by atoms with Crippen molar-refractivity contribution in [3.05, 3.63) is 47.5 Å². The predicted octanol–water partition coefficient (Wildman–Crippen LogP) is 3.73. The SMILES string of the molecule is CCCN=C=C(C)/C=C/c1ccccc1. The van der Waals surface area contributed by atoms with Gasteiger partial charge in [0.2, 0.25) is 0 Å². The van der Waals surface area contributed by atoms with E-state index in [1.165, 1.54) is 5.56 Å². The lowest BCUT2D eigenvalue weighted by molar-refractivity contribution is 0.938. The molecule has 0 bridgehead atoms. The first-order valence-electron chi connectivity index (χ1n) is 5.32. The number of hydrogen-bond acceptors (Lipinski definition) is 1. The summed E-state index contributed by atoms with van der Waals surface area (Å²) in [5, 5.41) is 0. The molecule has 0 spiro atoms. The molecule has 15 heavy (non-hydrogen) atoms. The summed E-state index contributed by atoms with van der Waals surface area (Å²) >= 11 is 0. The van der Waals surface area contributed by atoms with Crippen molar-refractivity contribution in [3.8, 4) is 0 Å². The van der Waals surface area contributed by atoms with Crippen molar-refractivity contribution in [1.82, 2.24) is 0 Å². The Bertz CT molecular complexity index is 368. The summed E-state index contributed by atoms with van der Waals surface area (Å²) in [6.07, 6.45) is 5.18. The molecule has 1 heteroatoms. The van der Waals surface area contributed by atoms with Crippen LogP contribution in [0, 0.1) is 0 Å². The highest BCUT2D eigenvalue weighted by molar-refractivity contribution is 5.65. The molecule has 0 radical (unpaired) electrons. The molecule has 0 aliphatic heterocycles. The Hall–Kier alpha value is -1.59. The van der Waals surface area contributed by atoms with E-state index in [9.17, 15) is 0 Å².